The fourth-order valence-corrected chi connectivity index (χ4v) is 0.860. The fraction of sp³-hybridized carbons (Fsp3) is 0.545. The fourth-order valence-electron chi connectivity index (χ4n) is 0.860. The number of allylic oxidation sites excluding steroid dienone is 2. The summed E-state index contributed by atoms with van der Waals surface area (Å²) in [7, 11) is 0. The molecule has 0 fully saturated rings. The SMILES string of the molecule is C=C(/C=C\CCCC)C(C)C(=O)O. The van der Waals surface area contributed by atoms with E-state index in [1.165, 1.54) is 0 Å². The Hall–Kier alpha value is -1.05. The second-order valence-electron chi connectivity index (χ2n) is 3.18. The lowest BCUT2D eigenvalue weighted by molar-refractivity contribution is -0.139. The third-order valence-electron chi connectivity index (χ3n) is 1.98. The van der Waals surface area contributed by atoms with E-state index in [4.69, 9.17) is 5.11 Å². The van der Waals surface area contributed by atoms with Crippen molar-refractivity contribution in [1.82, 2.24) is 0 Å². The van der Waals surface area contributed by atoms with Gasteiger partial charge in [0.25, 0.3) is 0 Å². The molecule has 0 heterocycles. The molecule has 74 valence electrons. The van der Waals surface area contributed by atoms with Gasteiger partial charge in [0.15, 0.2) is 0 Å². The highest BCUT2D eigenvalue weighted by Crippen LogP contribution is 2.10. The minimum Gasteiger partial charge on any atom is -0.481 e. The van der Waals surface area contributed by atoms with E-state index in [-0.39, 0.29) is 0 Å². The lowest BCUT2D eigenvalue weighted by atomic mass is 10.0. The number of hydrogen-bond donors (Lipinski definition) is 1. The molecular formula is C11H18O2. The van der Waals surface area contributed by atoms with Crippen LogP contribution in [0.4, 0.5) is 0 Å². The zero-order valence-corrected chi connectivity index (χ0v) is 8.42. The van der Waals surface area contributed by atoms with E-state index in [2.05, 4.69) is 13.5 Å². The second-order valence-corrected chi connectivity index (χ2v) is 3.18. The van der Waals surface area contributed by atoms with Gasteiger partial charge in [0, 0.05) is 0 Å². The minimum absolute atomic E-state index is 0.474. The van der Waals surface area contributed by atoms with Crippen LogP contribution >= 0.6 is 0 Å². The topological polar surface area (TPSA) is 37.3 Å². The molecule has 0 aliphatic rings. The Labute approximate surface area is 80.0 Å². The molecule has 0 amide bonds. The van der Waals surface area contributed by atoms with Gasteiger partial charge in [0.2, 0.25) is 0 Å². The number of rotatable bonds is 6. The van der Waals surface area contributed by atoms with E-state index in [1.807, 2.05) is 12.2 Å². The molecule has 0 bridgehead atoms. The number of aliphatic carboxylic acids is 1. The summed E-state index contributed by atoms with van der Waals surface area (Å²) in [4.78, 5) is 10.5. The Morgan fingerprint density at radius 3 is 2.69 bits per heavy atom. The van der Waals surface area contributed by atoms with E-state index in [9.17, 15) is 4.79 Å². The van der Waals surface area contributed by atoms with Crippen molar-refractivity contribution in [2.24, 2.45) is 5.92 Å². The van der Waals surface area contributed by atoms with Crippen molar-refractivity contribution in [1.29, 1.82) is 0 Å². The normalized spacial score (nSPS) is 13.1. The van der Waals surface area contributed by atoms with Gasteiger partial charge in [-0.1, -0.05) is 38.5 Å². The van der Waals surface area contributed by atoms with Crippen molar-refractivity contribution in [2.45, 2.75) is 33.1 Å². The van der Waals surface area contributed by atoms with Gasteiger partial charge in [-0.25, -0.2) is 0 Å². The molecule has 0 aromatic carbocycles. The molecule has 0 saturated heterocycles. The molecule has 0 aliphatic carbocycles. The monoisotopic (exact) mass is 182 g/mol. The van der Waals surface area contributed by atoms with Gasteiger partial charge in [0.1, 0.15) is 0 Å². The third kappa shape index (κ3) is 5.23. The van der Waals surface area contributed by atoms with Crippen LogP contribution in [-0.4, -0.2) is 11.1 Å². The van der Waals surface area contributed by atoms with Gasteiger partial charge in [-0.2, -0.15) is 0 Å². The first-order valence-electron chi connectivity index (χ1n) is 4.67. The Bertz CT molecular complexity index is 204. The van der Waals surface area contributed by atoms with E-state index in [0.717, 1.165) is 19.3 Å². The Balaban J connectivity index is 3.85. The van der Waals surface area contributed by atoms with Crippen LogP contribution in [0.5, 0.6) is 0 Å². The molecule has 1 unspecified atom stereocenters. The van der Waals surface area contributed by atoms with Crippen LogP contribution in [0, 0.1) is 5.92 Å². The Morgan fingerprint density at radius 1 is 1.62 bits per heavy atom. The first-order chi connectivity index (χ1) is 6.09. The predicted molar refractivity (Wildman–Crippen MR) is 54.6 cm³/mol. The Kier molecular flexibility index (Phi) is 5.94. The summed E-state index contributed by atoms with van der Waals surface area (Å²) < 4.78 is 0. The highest BCUT2D eigenvalue weighted by Gasteiger charge is 2.11. The number of carbonyl (C=O) groups is 1. The van der Waals surface area contributed by atoms with E-state index < -0.39 is 11.9 Å². The second kappa shape index (κ2) is 6.46. The largest absolute Gasteiger partial charge is 0.481 e. The highest BCUT2D eigenvalue weighted by molar-refractivity contribution is 5.73. The smallest absolute Gasteiger partial charge is 0.310 e. The molecule has 0 spiro atoms. The quantitative estimate of drug-likeness (QED) is 0.506. The van der Waals surface area contributed by atoms with Crippen LogP contribution in [0.1, 0.15) is 33.1 Å². The van der Waals surface area contributed by atoms with E-state index >= 15 is 0 Å². The molecule has 0 aromatic heterocycles. The van der Waals surface area contributed by atoms with Crippen molar-refractivity contribution in [3.63, 3.8) is 0 Å². The van der Waals surface area contributed by atoms with Crippen LogP contribution in [-0.2, 0) is 4.79 Å². The summed E-state index contributed by atoms with van der Waals surface area (Å²) in [5.41, 5.74) is 0.670. The van der Waals surface area contributed by atoms with Gasteiger partial charge in [-0.3, -0.25) is 4.79 Å². The number of unbranched alkanes of at least 4 members (excludes halogenated alkanes) is 2. The molecule has 2 nitrogen and oxygen atoms in total. The van der Waals surface area contributed by atoms with Crippen molar-refractivity contribution in [3.8, 4) is 0 Å². The average Bonchev–Trinajstić information content (AvgIpc) is 2.10. The van der Waals surface area contributed by atoms with Crippen molar-refractivity contribution in [3.05, 3.63) is 24.3 Å². The van der Waals surface area contributed by atoms with Crippen molar-refractivity contribution >= 4 is 5.97 Å². The summed E-state index contributed by atoms with van der Waals surface area (Å²) >= 11 is 0. The number of carboxylic acid groups (broad SMARTS) is 1. The maximum Gasteiger partial charge on any atom is 0.310 e. The number of hydrogen-bond acceptors (Lipinski definition) is 1. The van der Waals surface area contributed by atoms with Crippen LogP contribution in [0.15, 0.2) is 24.3 Å². The maximum absolute atomic E-state index is 10.5. The summed E-state index contributed by atoms with van der Waals surface area (Å²) in [6.45, 7) is 7.48. The third-order valence-corrected chi connectivity index (χ3v) is 1.98. The first-order valence-corrected chi connectivity index (χ1v) is 4.67. The van der Waals surface area contributed by atoms with Gasteiger partial charge in [-0.15, -0.1) is 0 Å². The van der Waals surface area contributed by atoms with Crippen LogP contribution in [0.25, 0.3) is 0 Å². The molecule has 0 rings (SSSR count). The molecule has 13 heavy (non-hydrogen) atoms. The standard InChI is InChI=1S/C11H18O2/c1-4-5-6-7-8-9(2)10(3)11(12)13/h7-8,10H,2,4-6H2,1,3H3,(H,12,13)/b8-7-. The van der Waals surface area contributed by atoms with E-state index in [1.54, 1.807) is 6.92 Å². The molecule has 0 aliphatic heterocycles. The molecule has 0 saturated carbocycles. The van der Waals surface area contributed by atoms with Gasteiger partial charge in [-0.05, 0) is 18.9 Å². The van der Waals surface area contributed by atoms with Gasteiger partial charge in [0.05, 0.1) is 5.92 Å². The minimum atomic E-state index is -0.815. The summed E-state index contributed by atoms with van der Waals surface area (Å²) in [6, 6.07) is 0. The molecule has 1 N–H and O–H groups in total. The Morgan fingerprint density at radius 2 is 2.23 bits per heavy atom. The van der Waals surface area contributed by atoms with Crippen molar-refractivity contribution in [2.75, 3.05) is 0 Å². The summed E-state index contributed by atoms with van der Waals surface area (Å²) in [5.74, 6) is -1.29. The molecule has 1 atom stereocenters. The average molecular weight is 182 g/mol. The number of carboxylic acids is 1. The van der Waals surface area contributed by atoms with E-state index in [0.29, 0.717) is 5.57 Å². The first kappa shape index (κ1) is 11.9. The zero-order valence-electron chi connectivity index (χ0n) is 8.42. The molecule has 0 aromatic rings. The van der Waals surface area contributed by atoms with Gasteiger partial charge >= 0.3 is 5.97 Å². The summed E-state index contributed by atoms with van der Waals surface area (Å²) in [6.07, 6.45) is 7.11. The lowest BCUT2D eigenvalue weighted by Crippen LogP contribution is -2.10. The van der Waals surface area contributed by atoms with Crippen LogP contribution in [0.3, 0.4) is 0 Å². The predicted octanol–water partition coefficient (Wildman–Crippen LogP) is 3.01. The van der Waals surface area contributed by atoms with Crippen LogP contribution in [0.2, 0.25) is 0 Å². The van der Waals surface area contributed by atoms with Crippen molar-refractivity contribution < 1.29 is 9.90 Å². The maximum atomic E-state index is 10.5. The molecule has 2 heteroatoms. The highest BCUT2D eigenvalue weighted by atomic mass is 16.4. The summed E-state index contributed by atoms with van der Waals surface area (Å²) in [5, 5.41) is 8.66. The molecular weight excluding hydrogens is 164 g/mol. The van der Waals surface area contributed by atoms with Gasteiger partial charge < -0.3 is 5.11 Å². The zero-order chi connectivity index (χ0) is 10.3. The molecule has 0 radical (unpaired) electrons. The van der Waals surface area contributed by atoms with Crippen LogP contribution < -0.4 is 0 Å². The lowest BCUT2D eigenvalue weighted by Gasteiger charge is -2.04.